The fourth-order valence-corrected chi connectivity index (χ4v) is 1.44. The maximum atomic E-state index is 10.6. The molecule has 0 aromatic heterocycles. The van der Waals surface area contributed by atoms with Crippen molar-refractivity contribution in [1.29, 1.82) is 0 Å². The molecule has 1 saturated heterocycles. The van der Waals surface area contributed by atoms with Crippen LogP contribution in [0.5, 0.6) is 0 Å². The molecule has 0 radical (unpaired) electrons. The molecule has 0 bridgehead atoms. The van der Waals surface area contributed by atoms with E-state index in [1.165, 1.54) is 0 Å². The highest BCUT2D eigenvalue weighted by Gasteiger charge is 2.49. The van der Waals surface area contributed by atoms with Gasteiger partial charge < -0.3 is 9.84 Å². The molecule has 1 heterocycles. The van der Waals surface area contributed by atoms with Gasteiger partial charge in [-0.25, -0.2) is 0 Å². The Kier molecular flexibility index (Phi) is 2.17. The van der Waals surface area contributed by atoms with Crippen molar-refractivity contribution in [2.24, 2.45) is 10.8 Å². The second kappa shape index (κ2) is 2.73. The fraction of sp³-hybridized carbons (Fsp3) is 0.889. The van der Waals surface area contributed by atoms with E-state index in [0.29, 0.717) is 13.2 Å². The van der Waals surface area contributed by atoms with Crippen LogP contribution in [0.15, 0.2) is 0 Å². The molecular formula is C9H16O3. The molecule has 0 saturated carbocycles. The summed E-state index contributed by atoms with van der Waals surface area (Å²) in [5.41, 5.74) is -0.123. The molecule has 1 N–H and O–H groups in total. The van der Waals surface area contributed by atoms with Crippen LogP contribution in [0.4, 0.5) is 0 Å². The van der Waals surface area contributed by atoms with Crippen molar-refractivity contribution >= 4 is 5.97 Å². The molecule has 1 fully saturated rings. The zero-order chi connectivity index (χ0) is 9.41. The van der Waals surface area contributed by atoms with E-state index in [4.69, 9.17) is 9.84 Å². The van der Waals surface area contributed by atoms with Gasteiger partial charge in [-0.1, -0.05) is 20.8 Å². The summed E-state index contributed by atoms with van der Waals surface area (Å²) < 4.78 is 5.10. The van der Waals surface area contributed by atoms with E-state index in [9.17, 15) is 4.79 Å². The first-order valence-corrected chi connectivity index (χ1v) is 4.17. The van der Waals surface area contributed by atoms with E-state index >= 15 is 0 Å². The van der Waals surface area contributed by atoms with Crippen LogP contribution in [-0.4, -0.2) is 24.3 Å². The lowest BCUT2D eigenvalue weighted by Crippen LogP contribution is -2.53. The van der Waals surface area contributed by atoms with E-state index in [1.807, 2.05) is 0 Å². The molecule has 0 aromatic carbocycles. The Bertz CT molecular complexity index is 186. The van der Waals surface area contributed by atoms with E-state index in [0.717, 1.165) is 0 Å². The average Bonchev–Trinajstić information content (AvgIpc) is 1.74. The van der Waals surface area contributed by atoms with Gasteiger partial charge in [0.15, 0.2) is 0 Å². The standard InChI is InChI=1S/C9H16O3/c1-8(2,3)9(4-7(10)11)5-12-6-9/h4-6H2,1-3H3,(H,10,11). The summed E-state index contributed by atoms with van der Waals surface area (Å²) in [5.74, 6) is -0.728. The van der Waals surface area contributed by atoms with Crippen molar-refractivity contribution in [3.05, 3.63) is 0 Å². The summed E-state index contributed by atoms with van der Waals surface area (Å²) in [6.07, 6.45) is 0.219. The minimum Gasteiger partial charge on any atom is -0.481 e. The molecule has 1 aliphatic rings. The number of hydrogen-bond acceptors (Lipinski definition) is 2. The van der Waals surface area contributed by atoms with E-state index in [-0.39, 0.29) is 17.3 Å². The fourth-order valence-electron chi connectivity index (χ4n) is 1.44. The van der Waals surface area contributed by atoms with Crippen molar-refractivity contribution in [1.82, 2.24) is 0 Å². The van der Waals surface area contributed by atoms with E-state index in [1.54, 1.807) is 0 Å². The number of rotatable bonds is 2. The van der Waals surface area contributed by atoms with E-state index in [2.05, 4.69) is 20.8 Å². The van der Waals surface area contributed by atoms with Crippen LogP contribution in [0.1, 0.15) is 27.2 Å². The third-order valence-corrected chi connectivity index (χ3v) is 2.84. The average molecular weight is 172 g/mol. The van der Waals surface area contributed by atoms with Crippen molar-refractivity contribution in [3.8, 4) is 0 Å². The Balaban J connectivity index is 2.70. The predicted molar refractivity (Wildman–Crippen MR) is 45.0 cm³/mol. The predicted octanol–water partition coefficient (Wildman–Crippen LogP) is 1.52. The smallest absolute Gasteiger partial charge is 0.304 e. The van der Waals surface area contributed by atoms with Gasteiger partial charge >= 0.3 is 5.97 Å². The van der Waals surface area contributed by atoms with Gasteiger partial charge in [0.25, 0.3) is 0 Å². The lowest BCUT2D eigenvalue weighted by atomic mass is 9.63. The Morgan fingerprint density at radius 2 is 2.00 bits per heavy atom. The molecule has 3 nitrogen and oxygen atoms in total. The largest absolute Gasteiger partial charge is 0.481 e. The number of carboxylic acids is 1. The Labute approximate surface area is 72.7 Å². The first-order valence-electron chi connectivity index (χ1n) is 4.17. The lowest BCUT2D eigenvalue weighted by Gasteiger charge is -2.50. The second-order valence-electron chi connectivity index (χ2n) is 4.59. The zero-order valence-electron chi connectivity index (χ0n) is 7.89. The molecule has 3 heteroatoms. The monoisotopic (exact) mass is 172 g/mol. The summed E-state index contributed by atoms with van der Waals surface area (Å²) in [6, 6.07) is 0. The van der Waals surface area contributed by atoms with Gasteiger partial charge in [0, 0.05) is 5.41 Å². The second-order valence-corrected chi connectivity index (χ2v) is 4.59. The van der Waals surface area contributed by atoms with Crippen LogP contribution in [0.25, 0.3) is 0 Å². The minimum atomic E-state index is -0.728. The molecule has 1 aliphatic heterocycles. The Morgan fingerprint density at radius 3 is 2.08 bits per heavy atom. The maximum Gasteiger partial charge on any atom is 0.304 e. The van der Waals surface area contributed by atoms with Gasteiger partial charge in [-0.2, -0.15) is 0 Å². The third kappa shape index (κ3) is 1.46. The van der Waals surface area contributed by atoms with Gasteiger partial charge in [0.05, 0.1) is 19.6 Å². The highest BCUT2D eigenvalue weighted by atomic mass is 16.5. The molecule has 0 spiro atoms. The van der Waals surface area contributed by atoms with Gasteiger partial charge in [0.2, 0.25) is 0 Å². The van der Waals surface area contributed by atoms with E-state index < -0.39 is 5.97 Å². The van der Waals surface area contributed by atoms with Crippen molar-refractivity contribution in [2.75, 3.05) is 13.2 Å². The Morgan fingerprint density at radius 1 is 1.50 bits per heavy atom. The first kappa shape index (κ1) is 9.52. The van der Waals surface area contributed by atoms with Crippen molar-refractivity contribution in [2.45, 2.75) is 27.2 Å². The van der Waals surface area contributed by atoms with Crippen molar-refractivity contribution < 1.29 is 14.6 Å². The van der Waals surface area contributed by atoms with Crippen LogP contribution in [0.2, 0.25) is 0 Å². The number of aliphatic carboxylic acids is 1. The molecule has 70 valence electrons. The number of hydrogen-bond donors (Lipinski definition) is 1. The highest BCUT2D eigenvalue weighted by Crippen LogP contribution is 2.47. The van der Waals surface area contributed by atoms with Crippen LogP contribution in [0.3, 0.4) is 0 Å². The maximum absolute atomic E-state index is 10.6. The van der Waals surface area contributed by atoms with Gasteiger partial charge in [-0.3, -0.25) is 4.79 Å². The SMILES string of the molecule is CC(C)(C)C1(CC(=O)O)COC1. The zero-order valence-corrected chi connectivity index (χ0v) is 7.89. The summed E-state index contributed by atoms with van der Waals surface area (Å²) in [7, 11) is 0. The highest BCUT2D eigenvalue weighted by molar-refractivity contribution is 5.68. The molecule has 0 amide bonds. The molecule has 12 heavy (non-hydrogen) atoms. The third-order valence-electron chi connectivity index (χ3n) is 2.84. The summed E-state index contributed by atoms with van der Waals surface area (Å²) in [6.45, 7) is 7.38. The number of carbonyl (C=O) groups is 1. The Hall–Kier alpha value is -0.570. The van der Waals surface area contributed by atoms with Gasteiger partial charge in [-0.05, 0) is 5.41 Å². The topological polar surface area (TPSA) is 46.5 Å². The molecule has 1 rings (SSSR count). The minimum absolute atomic E-state index is 0.0175. The first-order chi connectivity index (χ1) is 5.37. The summed E-state index contributed by atoms with van der Waals surface area (Å²) in [4.78, 5) is 10.6. The number of ether oxygens (including phenoxy) is 1. The lowest BCUT2D eigenvalue weighted by molar-refractivity contribution is -0.186. The van der Waals surface area contributed by atoms with Crippen LogP contribution >= 0.6 is 0 Å². The molecule has 0 atom stereocenters. The number of carboxylic acid groups (broad SMARTS) is 1. The van der Waals surface area contributed by atoms with Crippen LogP contribution in [-0.2, 0) is 9.53 Å². The normalized spacial score (nSPS) is 21.6. The molecule has 0 aromatic rings. The van der Waals surface area contributed by atoms with Crippen LogP contribution < -0.4 is 0 Å². The van der Waals surface area contributed by atoms with Gasteiger partial charge in [-0.15, -0.1) is 0 Å². The quantitative estimate of drug-likeness (QED) is 0.687. The molecule has 0 unspecified atom stereocenters. The molecule has 0 aliphatic carbocycles. The van der Waals surface area contributed by atoms with Crippen LogP contribution in [0, 0.1) is 10.8 Å². The van der Waals surface area contributed by atoms with Crippen molar-refractivity contribution in [3.63, 3.8) is 0 Å². The molecular weight excluding hydrogens is 156 g/mol. The van der Waals surface area contributed by atoms with Gasteiger partial charge in [0.1, 0.15) is 0 Å². The summed E-state index contributed by atoms with van der Waals surface area (Å²) >= 11 is 0. The summed E-state index contributed by atoms with van der Waals surface area (Å²) in [5, 5.41) is 8.72.